The number of hydrogen-bond donors (Lipinski definition) is 0. The van der Waals surface area contributed by atoms with E-state index in [4.69, 9.17) is 11.6 Å². The van der Waals surface area contributed by atoms with E-state index in [9.17, 15) is 4.39 Å². The van der Waals surface area contributed by atoms with Gasteiger partial charge in [-0.3, -0.25) is 0 Å². The zero-order valence-corrected chi connectivity index (χ0v) is 15.6. The topological polar surface area (TPSA) is 7.94 Å². The van der Waals surface area contributed by atoms with Crippen LogP contribution < -0.4 is 0 Å². The van der Waals surface area contributed by atoms with Crippen LogP contribution in [0.25, 0.3) is 5.57 Å². The lowest BCUT2D eigenvalue weighted by molar-refractivity contribution is -0.363. The lowest BCUT2D eigenvalue weighted by atomic mass is 9.84. The molecule has 0 saturated carbocycles. The fourth-order valence-corrected chi connectivity index (χ4v) is 4.34. The maximum atomic E-state index is 15.5. The first-order valence-corrected chi connectivity index (χ1v) is 8.75. The van der Waals surface area contributed by atoms with E-state index in [1.807, 2.05) is 0 Å². The van der Waals surface area contributed by atoms with Crippen LogP contribution in [0.1, 0.15) is 36.4 Å². The predicted octanol–water partition coefficient (Wildman–Crippen LogP) is 5.33. The van der Waals surface area contributed by atoms with Crippen molar-refractivity contribution in [1.29, 1.82) is 0 Å². The van der Waals surface area contributed by atoms with Crippen molar-refractivity contribution in [2.24, 2.45) is 0 Å². The highest BCUT2D eigenvalue weighted by Crippen LogP contribution is 2.44. The third kappa shape index (κ3) is 2.11. The van der Waals surface area contributed by atoms with E-state index in [2.05, 4.69) is 0 Å². The quantitative estimate of drug-likeness (QED) is 0.595. The summed E-state index contributed by atoms with van der Waals surface area (Å²) < 4.78 is 47.2. The van der Waals surface area contributed by atoms with Crippen molar-refractivity contribution in [2.45, 2.75) is 27.7 Å². The maximum Gasteiger partial charge on any atom is 0.737 e. The Kier molecular flexibility index (Phi) is 3.57. The van der Waals surface area contributed by atoms with Crippen LogP contribution in [0, 0.1) is 19.7 Å². The Bertz CT molecular complexity index is 1080. The van der Waals surface area contributed by atoms with E-state index in [-0.39, 0.29) is 5.02 Å². The minimum atomic E-state index is -4.03. The Morgan fingerprint density at radius 3 is 2.42 bits per heavy atom. The SMILES string of the molecule is CC1=CC(C)=[N+]2C1=C(c1ccc(Cl)c(F)c1)c1c(C)cc(C)n1[B-]2(F)F. The molecule has 134 valence electrons. The molecule has 1 aromatic heterocycles. The molecule has 0 bridgehead atoms. The number of aromatic nitrogens is 1. The van der Waals surface area contributed by atoms with Crippen LogP contribution in [-0.4, -0.2) is 21.6 Å². The third-order valence-electron chi connectivity index (χ3n) is 5.14. The van der Waals surface area contributed by atoms with Crippen LogP contribution in [0.15, 0.2) is 41.6 Å². The van der Waals surface area contributed by atoms with Gasteiger partial charge in [-0.25, -0.2) is 4.39 Å². The van der Waals surface area contributed by atoms with Gasteiger partial charge in [0.1, 0.15) is 11.5 Å². The van der Waals surface area contributed by atoms with Crippen molar-refractivity contribution in [2.75, 3.05) is 0 Å². The molecule has 0 aliphatic carbocycles. The molecule has 26 heavy (non-hydrogen) atoms. The van der Waals surface area contributed by atoms with Gasteiger partial charge in [-0.05, 0) is 55.8 Å². The second-order valence-electron chi connectivity index (χ2n) is 6.97. The second-order valence-corrected chi connectivity index (χ2v) is 7.37. The van der Waals surface area contributed by atoms with Crippen LogP contribution in [-0.2, 0) is 0 Å². The molecule has 1 aromatic carbocycles. The number of rotatable bonds is 1. The molecule has 2 aliphatic heterocycles. The molecule has 3 heterocycles. The Morgan fingerprint density at radius 2 is 1.77 bits per heavy atom. The first kappa shape index (κ1) is 17.2. The highest BCUT2D eigenvalue weighted by atomic mass is 35.5. The number of benzene rings is 1. The van der Waals surface area contributed by atoms with Crippen LogP contribution in [0.3, 0.4) is 0 Å². The van der Waals surface area contributed by atoms with Gasteiger partial charge in [-0.2, -0.15) is 0 Å². The number of allylic oxidation sites excluding steroid dienone is 2. The summed E-state index contributed by atoms with van der Waals surface area (Å²) in [6.45, 7) is 2.92. The Labute approximate surface area is 155 Å². The molecular weight excluding hydrogens is 359 g/mol. The van der Waals surface area contributed by atoms with E-state index >= 15 is 8.63 Å². The summed E-state index contributed by atoms with van der Waals surface area (Å²) in [6, 6.07) is 6.19. The van der Waals surface area contributed by atoms with Gasteiger partial charge in [0.2, 0.25) is 0 Å². The molecule has 0 N–H and O–H groups in total. The molecule has 0 unspecified atom stereocenters. The lowest BCUT2D eigenvalue weighted by Gasteiger charge is -2.34. The van der Waals surface area contributed by atoms with E-state index in [1.54, 1.807) is 45.9 Å². The molecule has 0 atom stereocenters. The second kappa shape index (κ2) is 5.40. The Balaban J connectivity index is 2.17. The maximum absolute atomic E-state index is 15.5. The highest BCUT2D eigenvalue weighted by molar-refractivity contribution is 6.58. The molecule has 7 heteroatoms. The van der Waals surface area contributed by atoms with Crippen molar-refractivity contribution in [1.82, 2.24) is 4.48 Å². The predicted molar refractivity (Wildman–Crippen MR) is 99.4 cm³/mol. The number of fused-ring (bicyclic) bond motifs is 2. The number of halogens is 4. The summed E-state index contributed by atoms with van der Waals surface area (Å²) in [6.07, 6.45) is 1.74. The highest BCUT2D eigenvalue weighted by Gasteiger charge is 2.55. The number of aryl methyl sites for hydroxylation is 2. The molecule has 0 amide bonds. The average Bonchev–Trinajstić information content (AvgIpc) is 3.01. The van der Waals surface area contributed by atoms with Crippen LogP contribution in [0.5, 0.6) is 0 Å². The largest absolute Gasteiger partial charge is 0.737 e. The fraction of sp³-hybridized carbons (Fsp3) is 0.211. The zero-order chi connectivity index (χ0) is 19.0. The summed E-state index contributed by atoms with van der Waals surface area (Å²) in [4.78, 5) is 0. The van der Waals surface area contributed by atoms with Gasteiger partial charge in [-0.1, -0.05) is 17.7 Å². The molecule has 0 radical (unpaired) electrons. The smallest absolute Gasteiger partial charge is 0.393 e. The van der Waals surface area contributed by atoms with Gasteiger partial charge in [0, 0.05) is 24.3 Å². The molecule has 0 spiro atoms. The minimum absolute atomic E-state index is 0.00581. The average molecular weight is 377 g/mol. The first-order valence-electron chi connectivity index (χ1n) is 8.37. The summed E-state index contributed by atoms with van der Waals surface area (Å²) in [5, 5.41) is 0.00581. The summed E-state index contributed by atoms with van der Waals surface area (Å²) >= 11 is 5.82. The van der Waals surface area contributed by atoms with Gasteiger partial charge >= 0.3 is 6.97 Å². The summed E-state index contributed by atoms with van der Waals surface area (Å²) in [5.74, 6) is -0.570. The minimum Gasteiger partial charge on any atom is -0.393 e. The molecule has 4 rings (SSSR count). The molecular formula is C19H17BClF3N2. The Hall–Kier alpha value is -2.21. The molecule has 0 fully saturated rings. The van der Waals surface area contributed by atoms with E-state index in [0.29, 0.717) is 33.9 Å². The normalized spacial score (nSPS) is 18.2. The number of hydrogen-bond acceptors (Lipinski definition) is 0. The van der Waals surface area contributed by atoms with Gasteiger partial charge < -0.3 is 17.6 Å². The van der Waals surface area contributed by atoms with Crippen molar-refractivity contribution in [3.05, 3.63) is 75.0 Å². The molecule has 2 aromatic rings. The molecule has 2 aliphatic rings. The van der Waals surface area contributed by atoms with Gasteiger partial charge in [0.05, 0.1) is 10.6 Å². The van der Waals surface area contributed by atoms with Crippen molar-refractivity contribution in [3.8, 4) is 0 Å². The summed E-state index contributed by atoms with van der Waals surface area (Å²) in [5.41, 5.74) is 4.42. The Morgan fingerprint density at radius 1 is 1.08 bits per heavy atom. The zero-order valence-electron chi connectivity index (χ0n) is 14.9. The monoisotopic (exact) mass is 376 g/mol. The first-order chi connectivity index (χ1) is 12.1. The van der Waals surface area contributed by atoms with Crippen LogP contribution in [0.2, 0.25) is 5.02 Å². The third-order valence-corrected chi connectivity index (χ3v) is 5.45. The lowest BCUT2D eigenvalue weighted by Crippen LogP contribution is -2.51. The molecule has 0 saturated heterocycles. The van der Waals surface area contributed by atoms with Gasteiger partial charge in [-0.15, -0.1) is 0 Å². The fourth-order valence-electron chi connectivity index (χ4n) is 4.22. The van der Waals surface area contributed by atoms with Crippen molar-refractivity contribution in [3.63, 3.8) is 0 Å². The van der Waals surface area contributed by atoms with E-state index < -0.39 is 12.8 Å². The van der Waals surface area contributed by atoms with Crippen molar-refractivity contribution < 1.29 is 17.5 Å². The van der Waals surface area contributed by atoms with Gasteiger partial charge in [0.15, 0.2) is 5.70 Å². The summed E-state index contributed by atoms with van der Waals surface area (Å²) in [7, 11) is 0. The van der Waals surface area contributed by atoms with Crippen LogP contribution in [0.4, 0.5) is 13.0 Å². The van der Waals surface area contributed by atoms with E-state index in [0.717, 1.165) is 20.1 Å². The number of nitrogens with zero attached hydrogens (tertiary/aromatic N) is 2. The molecule has 2 nitrogen and oxygen atoms in total. The van der Waals surface area contributed by atoms with Crippen LogP contribution >= 0.6 is 11.6 Å². The standard InChI is InChI=1S/C19H17BClF3N2/c1-10-7-12(3)25-18(10)17(14-5-6-15(21)16(22)9-14)19-11(2)8-13(4)26(19)20(25,23)24/h5-9H,1-4H3. The van der Waals surface area contributed by atoms with Gasteiger partial charge in [0.25, 0.3) is 0 Å². The van der Waals surface area contributed by atoms with Crippen molar-refractivity contribution >= 4 is 29.9 Å². The van der Waals surface area contributed by atoms with E-state index in [1.165, 1.54) is 12.1 Å².